The third-order valence-electron chi connectivity index (χ3n) is 3.32. The monoisotopic (exact) mass is 180 g/mol. The van der Waals surface area contributed by atoms with Gasteiger partial charge in [-0.1, -0.05) is 12.8 Å². The van der Waals surface area contributed by atoms with Gasteiger partial charge >= 0.3 is 0 Å². The SMILES string of the molecule is O=C(/C=C(\O)C1CCC1)C1CCC1. The summed E-state index contributed by atoms with van der Waals surface area (Å²) in [6.07, 6.45) is 8.00. The third kappa shape index (κ3) is 1.77. The highest BCUT2D eigenvalue weighted by molar-refractivity contribution is 5.92. The van der Waals surface area contributed by atoms with E-state index in [1.54, 1.807) is 0 Å². The number of carbonyl (C=O) groups excluding carboxylic acids is 1. The van der Waals surface area contributed by atoms with Gasteiger partial charge in [0.15, 0.2) is 5.78 Å². The molecule has 0 aromatic heterocycles. The summed E-state index contributed by atoms with van der Waals surface area (Å²) in [5.41, 5.74) is 0. The van der Waals surface area contributed by atoms with Crippen LogP contribution in [0.5, 0.6) is 0 Å². The van der Waals surface area contributed by atoms with Crippen LogP contribution in [-0.2, 0) is 4.79 Å². The number of carbonyl (C=O) groups is 1. The van der Waals surface area contributed by atoms with Crippen LogP contribution in [0.2, 0.25) is 0 Å². The molecular formula is C11H16O2. The Balaban J connectivity index is 1.88. The molecule has 2 aliphatic carbocycles. The molecule has 0 unspecified atom stereocenters. The van der Waals surface area contributed by atoms with E-state index in [1.165, 1.54) is 18.9 Å². The lowest BCUT2D eigenvalue weighted by molar-refractivity contribution is -0.120. The van der Waals surface area contributed by atoms with E-state index in [0.717, 1.165) is 25.7 Å². The highest BCUT2D eigenvalue weighted by Gasteiger charge is 2.26. The summed E-state index contributed by atoms with van der Waals surface area (Å²) in [5, 5.41) is 9.55. The van der Waals surface area contributed by atoms with Crippen molar-refractivity contribution in [1.82, 2.24) is 0 Å². The minimum absolute atomic E-state index is 0.149. The Bertz CT molecular complexity index is 234. The van der Waals surface area contributed by atoms with Crippen molar-refractivity contribution in [3.05, 3.63) is 11.8 Å². The molecule has 2 fully saturated rings. The summed E-state index contributed by atoms with van der Waals surface area (Å²) in [6.45, 7) is 0. The number of aliphatic hydroxyl groups is 1. The Labute approximate surface area is 78.6 Å². The van der Waals surface area contributed by atoms with Crippen molar-refractivity contribution in [1.29, 1.82) is 0 Å². The van der Waals surface area contributed by atoms with Crippen LogP contribution in [-0.4, -0.2) is 10.9 Å². The second kappa shape index (κ2) is 3.52. The van der Waals surface area contributed by atoms with E-state index in [9.17, 15) is 9.90 Å². The van der Waals surface area contributed by atoms with Crippen molar-refractivity contribution in [3.63, 3.8) is 0 Å². The van der Waals surface area contributed by atoms with Crippen LogP contribution in [0.25, 0.3) is 0 Å². The summed E-state index contributed by atoms with van der Waals surface area (Å²) in [4.78, 5) is 11.4. The van der Waals surface area contributed by atoms with Crippen molar-refractivity contribution in [2.45, 2.75) is 38.5 Å². The van der Waals surface area contributed by atoms with Crippen LogP contribution in [0, 0.1) is 11.8 Å². The number of allylic oxidation sites excluding steroid dienone is 2. The molecule has 2 rings (SSSR count). The van der Waals surface area contributed by atoms with Crippen molar-refractivity contribution < 1.29 is 9.90 Å². The summed E-state index contributed by atoms with van der Waals surface area (Å²) >= 11 is 0. The van der Waals surface area contributed by atoms with Gasteiger partial charge in [0.25, 0.3) is 0 Å². The molecule has 0 aromatic carbocycles. The predicted octanol–water partition coefficient (Wildman–Crippen LogP) is 2.60. The Morgan fingerprint density at radius 1 is 1.08 bits per heavy atom. The van der Waals surface area contributed by atoms with E-state index in [2.05, 4.69) is 0 Å². The van der Waals surface area contributed by atoms with E-state index in [0.29, 0.717) is 11.7 Å². The molecule has 0 bridgehead atoms. The van der Waals surface area contributed by atoms with E-state index in [-0.39, 0.29) is 11.7 Å². The molecule has 0 saturated heterocycles. The van der Waals surface area contributed by atoms with Crippen molar-refractivity contribution in [3.8, 4) is 0 Å². The first-order valence-corrected chi connectivity index (χ1v) is 5.22. The third-order valence-corrected chi connectivity index (χ3v) is 3.32. The van der Waals surface area contributed by atoms with Crippen LogP contribution in [0.15, 0.2) is 11.8 Å². The van der Waals surface area contributed by atoms with Crippen LogP contribution in [0.4, 0.5) is 0 Å². The van der Waals surface area contributed by atoms with Gasteiger partial charge in [0.1, 0.15) is 0 Å². The van der Waals surface area contributed by atoms with Gasteiger partial charge in [0.2, 0.25) is 0 Å². The first kappa shape index (κ1) is 8.79. The molecule has 0 spiro atoms. The minimum atomic E-state index is 0.149. The Morgan fingerprint density at radius 3 is 2.00 bits per heavy atom. The van der Waals surface area contributed by atoms with E-state index in [4.69, 9.17) is 0 Å². The lowest BCUT2D eigenvalue weighted by Crippen LogP contribution is -2.22. The topological polar surface area (TPSA) is 37.3 Å². The van der Waals surface area contributed by atoms with Crippen LogP contribution in [0.1, 0.15) is 38.5 Å². The number of aliphatic hydroxyl groups excluding tert-OH is 1. The van der Waals surface area contributed by atoms with Crippen molar-refractivity contribution >= 4 is 5.78 Å². The number of ketones is 1. The molecule has 72 valence electrons. The zero-order valence-electron chi connectivity index (χ0n) is 7.83. The summed E-state index contributed by atoms with van der Waals surface area (Å²) < 4.78 is 0. The fourth-order valence-corrected chi connectivity index (χ4v) is 1.78. The summed E-state index contributed by atoms with van der Waals surface area (Å²) in [7, 11) is 0. The van der Waals surface area contributed by atoms with Gasteiger partial charge in [0, 0.05) is 17.9 Å². The maximum absolute atomic E-state index is 11.4. The lowest BCUT2D eigenvalue weighted by Gasteiger charge is -2.26. The van der Waals surface area contributed by atoms with Crippen LogP contribution in [0.3, 0.4) is 0 Å². The Morgan fingerprint density at radius 2 is 1.62 bits per heavy atom. The average molecular weight is 180 g/mol. The van der Waals surface area contributed by atoms with Gasteiger partial charge in [0.05, 0.1) is 5.76 Å². The molecule has 2 nitrogen and oxygen atoms in total. The zero-order valence-corrected chi connectivity index (χ0v) is 7.83. The fraction of sp³-hybridized carbons (Fsp3) is 0.727. The van der Waals surface area contributed by atoms with Gasteiger partial charge in [-0.25, -0.2) is 0 Å². The van der Waals surface area contributed by atoms with Gasteiger partial charge in [-0.3, -0.25) is 4.79 Å². The smallest absolute Gasteiger partial charge is 0.162 e. The maximum Gasteiger partial charge on any atom is 0.162 e. The second-order valence-corrected chi connectivity index (χ2v) is 4.23. The second-order valence-electron chi connectivity index (χ2n) is 4.23. The van der Waals surface area contributed by atoms with Crippen LogP contribution >= 0.6 is 0 Å². The molecule has 0 aliphatic heterocycles. The molecule has 0 atom stereocenters. The van der Waals surface area contributed by atoms with Crippen molar-refractivity contribution in [2.75, 3.05) is 0 Å². The fourth-order valence-electron chi connectivity index (χ4n) is 1.78. The van der Waals surface area contributed by atoms with Crippen LogP contribution < -0.4 is 0 Å². The summed E-state index contributed by atoms with van der Waals surface area (Å²) in [6, 6.07) is 0. The lowest BCUT2D eigenvalue weighted by atomic mass is 9.79. The van der Waals surface area contributed by atoms with E-state index >= 15 is 0 Å². The molecular weight excluding hydrogens is 164 g/mol. The largest absolute Gasteiger partial charge is 0.512 e. The quantitative estimate of drug-likeness (QED) is 0.535. The summed E-state index contributed by atoms with van der Waals surface area (Å²) in [5.74, 6) is 1.00. The van der Waals surface area contributed by atoms with E-state index in [1.807, 2.05) is 0 Å². The number of hydrogen-bond acceptors (Lipinski definition) is 2. The normalized spacial score (nSPS) is 25.1. The predicted molar refractivity (Wildman–Crippen MR) is 50.4 cm³/mol. The van der Waals surface area contributed by atoms with Gasteiger partial charge in [-0.2, -0.15) is 0 Å². The maximum atomic E-state index is 11.4. The minimum Gasteiger partial charge on any atom is -0.512 e. The molecule has 0 amide bonds. The molecule has 2 heteroatoms. The molecule has 0 aromatic rings. The first-order valence-electron chi connectivity index (χ1n) is 5.22. The molecule has 1 N–H and O–H groups in total. The number of rotatable bonds is 3. The standard InChI is InChI=1S/C11H16O2/c12-10(8-3-1-4-8)7-11(13)9-5-2-6-9/h7-9,12H,1-6H2/b10-7-. The van der Waals surface area contributed by atoms with Gasteiger partial charge < -0.3 is 5.11 Å². The highest BCUT2D eigenvalue weighted by Crippen LogP contribution is 2.33. The Kier molecular flexibility index (Phi) is 2.38. The molecule has 0 radical (unpaired) electrons. The molecule has 2 saturated carbocycles. The van der Waals surface area contributed by atoms with Crippen molar-refractivity contribution in [2.24, 2.45) is 11.8 Å². The Hall–Kier alpha value is -0.790. The molecule has 2 aliphatic rings. The first-order chi connectivity index (χ1) is 6.27. The van der Waals surface area contributed by atoms with E-state index < -0.39 is 0 Å². The number of hydrogen-bond donors (Lipinski definition) is 1. The molecule has 13 heavy (non-hydrogen) atoms. The molecule has 0 heterocycles. The van der Waals surface area contributed by atoms with Gasteiger partial charge in [-0.05, 0) is 25.7 Å². The van der Waals surface area contributed by atoms with Gasteiger partial charge in [-0.15, -0.1) is 0 Å². The average Bonchev–Trinajstić information content (AvgIpc) is 1.76. The zero-order chi connectivity index (χ0) is 9.26. The highest BCUT2D eigenvalue weighted by atomic mass is 16.3.